The van der Waals surface area contributed by atoms with Crippen LogP contribution in [0.3, 0.4) is 0 Å². The van der Waals surface area contributed by atoms with Crippen molar-refractivity contribution in [1.29, 1.82) is 0 Å². The minimum absolute atomic E-state index is 0.237. The molecule has 16 heavy (non-hydrogen) atoms. The number of benzene rings is 1. The molecule has 86 valence electrons. The summed E-state index contributed by atoms with van der Waals surface area (Å²) in [5.74, 6) is -0.237. The normalized spacial score (nSPS) is 16.9. The maximum absolute atomic E-state index is 11.7. The summed E-state index contributed by atoms with van der Waals surface area (Å²) in [5.41, 5.74) is 0.477. The molecule has 1 unspecified atom stereocenters. The van der Waals surface area contributed by atoms with Crippen molar-refractivity contribution in [3.8, 4) is 0 Å². The standard InChI is InChI=1S/C11H10Cl3NO/c12-7-2-1-3-8(13)9(7)10(14)11(16)15-6-4-5-6/h1-3,6,10H,4-5H2,(H,15,16). The largest absolute Gasteiger partial charge is 0.352 e. The highest BCUT2D eigenvalue weighted by atomic mass is 35.5. The molecule has 1 saturated carbocycles. The number of hydrogen-bond donors (Lipinski definition) is 1. The van der Waals surface area contributed by atoms with Crippen LogP contribution < -0.4 is 5.32 Å². The molecule has 1 atom stereocenters. The summed E-state index contributed by atoms with van der Waals surface area (Å²) in [6.07, 6.45) is 2.04. The number of halogens is 3. The van der Waals surface area contributed by atoms with Crippen LogP contribution >= 0.6 is 34.8 Å². The molecule has 0 aromatic heterocycles. The number of rotatable bonds is 3. The van der Waals surface area contributed by atoms with Crippen molar-refractivity contribution in [3.63, 3.8) is 0 Å². The molecule has 1 fully saturated rings. The Kier molecular flexibility index (Phi) is 3.63. The summed E-state index contributed by atoms with van der Waals surface area (Å²) in [6, 6.07) is 5.33. The lowest BCUT2D eigenvalue weighted by molar-refractivity contribution is -0.121. The average Bonchev–Trinajstić information content (AvgIpc) is 3.01. The Bertz CT molecular complexity index is 397. The minimum atomic E-state index is -0.832. The summed E-state index contributed by atoms with van der Waals surface area (Å²) >= 11 is 18.0. The summed E-state index contributed by atoms with van der Waals surface area (Å²) in [6.45, 7) is 0. The van der Waals surface area contributed by atoms with Crippen molar-refractivity contribution in [2.45, 2.75) is 24.3 Å². The van der Waals surface area contributed by atoms with Crippen molar-refractivity contribution < 1.29 is 4.79 Å². The Morgan fingerprint density at radius 1 is 1.31 bits per heavy atom. The third-order valence-corrected chi connectivity index (χ3v) is 3.48. The molecule has 1 aromatic rings. The van der Waals surface area contributed by atoms with Gasteiger partial charge in [-0.1, -0.05) is 29.3 Å². The van der Waals surface area contributed by atoms with Crippen molar-refractivity contribution in [1.82, 2.24) is 5.32 Å². The van der Waals surface area contributed by atoms with Crippen LogP contribution in [0.4, 0.5) is 0 Å². The van der Waals surface area contributed by atoms with Crippen molar-refractivity contribution in [3.05, 3.63) is 33.8 Å². The Morgan fingerprint density at radius 3 is 2.38 bits per heavy atom. The van der Waals surface area contributed by atoms with Gasteiger partial charge < -0.3 is 5.32 Å². The van der Waals surface area contributed by atoms with Gasteiger partial charge in [0.05, 0.1) is 0 Å². The van der Waals surface area contributed by atoms with Gasteiger partial charge in [0.1, 0.15) is 5.38 Å². The van der Waals surface area contributed by atoms with Gasteiger partial charge in [0.15, 0.2) is 0 Å². The first-order valence-corrected chi connectivity index (χ1v) is 6.17. The summed E-state index contributed by atoms with van der Waals surface area (Å²) < 4.78 is 0. The van der Waals surface area contributed by atoms with Crippen LogP contribution in [-0.2, 0) is 4.79 Å². The Morgan fingerprint density at radius 2 is 1.88 bits per heavy atom. The fourth-order valence-electron chi connectivity index (χ4n) is 1.39. The molecule has 1 N–H and O–H groups in total. The van der Waals surface area contributed by atoms with Crippen LogP contribution in [-0.4, -0.2) is 11.9 Å². The maximum Gasteiger partial charge on any atom is 0.242 e. The zero-order valence-electron chi connectivity index (χ0n) is 8.34. The van der Waals surface area contributed by atoms with Crippen molar-refractivity contribution in [2.75, 3.05) is 0 Å². The van der Waals surface area contributed by atoms with E-state index in [1.54, 1.807) is 18.2 Å². The first kappa shape index (κ1) is 12.0. The second-order valence-electron chi connectivity index (χ2n) is 3.78. The summed E-state index contributed by atoms with van der Waals surface area (Å²) in [7, 11) is 0. The number of carbonyl (C=O) groups excluding carboxylic acids is 1. The molecule has 5 heteroatoms. The minimum Gasteiger partial charge on any atom is -0.352 e. The molecule has 1 aromatic carbocycles. The van der Waals surface area contributed by atoms with Crippen LogP contribution in [0.5, 0.6) is 0 Å². The lowest BCUT2D eigenvalue weighted by atomic mass is 10.1. The summed E-state index contributed by atoms with van der Waals surface area (Å²) in [5, 5.41) is 2.82. The molecule has 0 spiro atoms. The highest BCUT2D eigenvalue weighted by Crippen LogP contribution is 2.34. The predicted molar refractivity (Wildman–Crippen MR) is 66.2 cm³/mol. The van der Waals surface area contributed by atoms with Gasteiger partial charge in [-0.2, -0.15) is 0 Å². The van der Waals surface area contributed by atoms with Gasteiger partial charge in [-0.25, -0.2) is 0 Å². The zero-order valence-corrected chi connectivity index (χ0v) is 10.6. The predicted octanol–water partition coefficient (Wildman–Crippen LogP) is 3.55. The number of carbonyl (C=O) groups is 1. The molecule has 0 heterocycles. The van der Waals surface area contributed by atoms with Gasteiger partial charge in [0.2, 0.25) is 5.91 Å². The average molecular weight is 279 g/mol. The number of alkyl halides is 1. The fraction of sp³-hybridized carbons (Fsp3) is 0.364. The van der Waals surface area contributed by atoms with E-state index in [-0.39, 0.29) is 11.9 Å². The van der Waals surface area contributed by atoms with Gasteiger partial charge in [0.25, 0.3) is 0 Å². The van der Waals surface area contributed by atoms with Gasteiger partial charge >= 0.3 is 0 Å². The smallest absolute Gasteiger partial charge is 0.242 e. The lowest BCUT2D eigenvalue weighted by Crippen LogP contribution is -2.29. The van der Waals surface area contributed by atoms with E-state index in [0.717, 1.165) is 12.8 Å². The number of amides is 1. The van der Waals surface area contributed by atoms with E-state index in [2.05, 4.69) is 5.32 Å². The topological polar surface area (TPSA) is 29.1 Å². The molecular formula is C11H10Cl3NO. The first-order chi connectivity index (χ1) is 7.59. The van der Waals surface area contributed by atoms with E-state index >= 15 is 0 Å². The SMILES string of the molecule is O=C(NC1CC1)C(Cl)c1c(Cl)cccc1Cl. The molecule has 2 nitrogen and oxygen atoms in total. The van der Waals surface area contributed by atoms with E-state index in [1.807, 2.05) is 0 Å². The number of nitrogens with one attached hydrogen (secondary N) is 1. The maximum atomic E-state index is 11.7. The third-order valence-electron chi connectivity index (χ3n) is 2.41. The zero-order chi connectivity index (χ0) is 11.7. The molecule has 0 radical (unpaired) electrons. The van der Waals surface area contributed by atoms with Crippen molar-refractivity contribution >= 4 is 40.7 Å². The van der Waals surface area contributed by atoms with Crippen LogP contribution in [0.15, 0.2) is 18.2 Å². The molecule has 2 rings (SSSR count). The van der Waals surface area contributed by atoms with E-state index in [9.17, 15) is 4.79 Å². The Balaban J connectivity index is 2.18. The van der Waals surface area contributed by atoms with Crippen LogP contribution in [0, 0.1) is 0 Å². The monoisotopic (exact) mass is 277 g/mol. The van der Waals surface area contributed by atoms with Crippen LogP contribution in [0.2, 0.25) is 10.0 Å². The first-order valence-electron chi connectivity index (χ1n) is 4.98. The Hall–Kier alpha value is -0.440. The molecule has 1 amide bonds. The number of hydrogen-bond acceptors (Lipinski definition) is 1. The van der Waals surface area contributed by atoms with Gasteiger partial charge in [0, 0.05) is 21.7 Å². The van der Waals surface area contributed by atoms with E-state index < -0.39 is 5.38 Å². The van der Waals surface area contributed by atoms with Crippen molar-refractivity contribution in [2.24, 2.45) is 0 Å². The lowest BCUT2D eigenvalue weighted by Gasteiger charge is -2.13. The van der Waals surface area contributed by atoms with Crippen LogP contribution in [0.1, 0.15) is 23.8 Å². The van der Waals surface area contributed by atoms with Gasteiger partial charge in [-0.05, 0) is 25.0 Å². The highest BCUT2D eigenvalue weighted by molar-refractivity contribution is 6.40. The Labute approximate surface area is 109 Å². The molecular weight excluding hydrogens is 268 g/mol. The highest BCUT2D eigenvalue weighted by Gasteiger charge is 2.29. The molecule has 1 aliphatic rings. The third kappa shape index (κ3) is 2.62. The molecule has 0 saturated heterocycles. The molecule has 0 aliphatic heterocycles. The van der Waals surface area contributed by atoms with E-state index in [0.29, 0.717) is 15.6 Å². The fourth-order valence-corrected chi connectivity index (χ4v) is 2.41. The second kappa shape index (κ2) is 4.82. The van der Waals surface area contributed by atoms with E-state index in [1.165, 1.54) is 0 Å². The second-order valence-corrected chi connectivity index (χ2v) is 5.03. The quantitative estimate of drug-likeness (QED) is 0.842. The summed E-state index contributed by atoms with van der Waals surface area (Å²) in [4.78, 5) is 11.7. The molecule has 1 aliphatic carbocycles. The van der Waals surface area contributed by atoms with Gasteiger partial charge in [-0.15, -0.1) is 11.6 Å². The van der Waals surface area contributed by atoms with E-state index in [4.69, 9.17) is 34.8 Å². The molecule has 0 bridgehead atoms. The van der Waals surface area contributed by atoms with Gasteiger partial charge in [-0.3, -0.25) is 4.79 Å². The van der Waals surface area contributed by atoms with Crippen LogP contribution in [0.25, 0.3) is 0 Å².